The molecule has 0 saturated carbocycles. The number of aryl methyl sites for hydroxylation is 2. The van der Waals surface area contributed by atoms with Gasteiger partial charge in [0.25, 0.3) is 0 Å². The van der Waals surface area contributed by atoms with Gasteiger partial charge in [0.15, 0.2) is 11.6 Å². The van der Waals surface area contributed by atoms with Crippen molar-refractivity contribution in [2.45, 2.75) is 84.0 Å². The molecule has 9 nitrogen and oxygen atoms in total. The quantitative estimate of drug-likeness (QED) is 0.217. The lowest BCUT2D eigenvalue weighted by atomic mass is 9.90. The van der Waals surface area contributed by atoms with Crippen molar-refractivity contribution in [1.82, 2.24) is 24.3 Å². The summed E-state index contributed by atoms with van der Waals surface area (Å²) >= 11 is 6.74. The Bertz CT molecular complexity index is 1920. The molecule has 2 saturated heterocycles. The number of anilines is 1. The number of pyridine rings is 1. The van der Waals surface area contributed by atoms with Gasteiger partial charge in [-0.2, -0.15) is 5.26 Å². The van der Waals surface area contributed by atoms with Gasteiger partial charge in [-0.1, -0.05) is 29.8 Å². The van der Waals surface area contributed by atoms with Crippen LogP contribution in [0.5, 0.6) is 0 Å². The lowest BCUT2D eigenvalue weighted by Gasteiger charge is -2.52. The molecule has 6 rings (SSSR count). The van der Waals surface area contributed by atoms with Crippen LogP contribution in [0.3, 0.4) is 0 Å². The number of hydrogen-bond acceptors (Lipinski definition) is 7. The molecule has 2 aromatic carbocycles. The van der Waals surface area contributed by atoms with E-state index in [0.29, 0.717) is 52.3 Å². The number of amides is 1. The molecule has 4 heterocycles. The number of nitrogens with zero attached hydrogens (tertiary/aromatic N) is 7. The number of fused-ring (bicyclic) bond motifs is 3. The standard InChI is InChI=1S/C36H43ClFN7O2/c1-21-10-9-11-25(28(21)37)27-22(2)16-26-30(29(27)38)41-33(43-18-36(6,19-43)42(7)8)31-32(26)45(20-40-31)24-13-15-44(23(17-24)12-14-39)34(46)47-35(3,4)5/h9-11,16,20,23-24H,12-13,15,17-19H2,1-8H3/t23-,24?/m1/s1. The largest absolute Gasteiger partial charge is 0.444 e. The molecule has 2 fully saturated rings. The van der Waals surface area contributed by atoms with Crippen LogP contribution in [0.25, 0.3) is 33.1 Å². The minimum Gasteiger partial charge on any atom is -0.444 e. The summed E-state index contributed by atoms with van der Waals surface area (Å²) in [7, 11) is 4.13. The number of piperidine rings is 1. The van der Waals surface area contributed by atoms with Crippen molar-refractivity contribution in [2.75, 3.05) is 38.6 Å². The van der Waals surface area contributed by atoms with Crippen molar-refractivity contribution in [3.8, 4) is 17.2 Å². The lowest BCUT2D eigenvalue weighted by Crippen LogP contribution is -2.67. The molecule has 0 aliphatic carbocycles. The second kappa shape index (κ2) is 11.9. The number of rotatable bonds is 5. The highest BCUT2D eigenvalue weighted by Gasteiger charge is 2.43. The maximum Gasteiger partial charge on any atom is 0.410 e. The Labute approximate surface area is 280 Å². The van der Waals surface area contributed by atoms with Crippen molar-refractivity contribution in [2.24, 2.45) is 0 Å². The SMILES string of the molecule is Cc1cccc(-c2c(C)cc3c(nc(N4CC(C)(N(C)C)C4)c4ncn(C5CCN(C(=O)OC(C)(C)C)[C@H](CC#N)C5)c43)c2F)c1Cl. The number of aromatic nitrogens is 3. The van der Waals surface area contributed by atoms with E-state index in [-0.39, 0.29) is 29.6 Å². The zero-order valence-corrected chi connectivity index (χ0v) is 29.2. The van der Waals surface area contributed by atoms with Crippen molar-refractivity contribution >= 4 is 45.4 Å². The van der Waals surface area contributed by atoms with Crippen LogP contribution in [0.4, 0.5) is 15.0 Å². The summed E-state index contributed by atoms with van der Waals surface area (Å²) in [5.41, 5.74) is 3.80. The van der Waals surface area contributed by atoms with Crippen LogP contribution in [-0.4, -0.2) is 81.3 Å². The highest BCUT2D eigenvalue weighted by atomic mass is 35.5. The van der Waals surface area contributed by atoms with Gasteiger partial charge in [0.2, 0.25) is 0 Å². The average Bonchev–Trinajstić information content (AvgIpc) is 3.42. The molecule has 2 aromatic heterocycles. The fourth-order valence-electron chi connectivity index (χ4n) is 7.03. The molecule has 47 heavy (non-hydrogen) atoms. The minimum absolute atomic E-state index is 0.0450. The van der Waals surface area contributed by atoms with Crippen LogP contribution < -0.4 is 4.90 Å². The third kappa shape index (κ3) is 5.78. The predicted octanol–water partition coefficient (Wildman–Crippen LogP) is 7.66. The van der Waals surface area contributed by atoms with Gasteiger partial charge in [-0.05, 0) is 85.7 Å². The number of nitriles is 1. The molecule has 2 atom stereocenters. The number of likely N-dealkylation sites (N-methyl/N-ethyl adjacent to an activating group) is 1. The number of ether oxygens (including phenoxy) is 1. The molecule has 4 aromatic rings. The molecular formula is C36H43ClFN7O2. The number of imidazole rings is 1. The van der Waals surface area contributed by atoms with Crippen LogP contribution in [0.1, 0.15) is 64.1 Å². The third-order valence-corrected chi connectivity index (χ3v) is 10.4. The molecule has 1 unspecified atom stereocenters. The second-order valence-corrected chi connectivity index (χ2v) is 15.0. The Hall–Kier alpha value is -3.94. The number of carbonyl (C=O) groups excluding carboxylic acids is 1. The Morgan fingerprint density at radius 1 is 1.21 bits per heavy atom. The first kappa shape index (κ1) is 33.0. The van der Waals surface area contributed by atoms with Crippen LogP contribution in [-0.2, 0) is 4.74 Å². The summed E-state index contributed by atoms with van der Waals surface area (Å²) in [6.45, 7) is 13.4. The van der Waals surface area contributed by atoms with Gasteiger partial charge in [0.05, 0.1) is 34.9 Å². The normalized spacial score (nSPS) is 19.7. The number of halogens is 2. The monoisotopic (exact) mass is 659 g/mol. The number of hydrogen-bond donors (Lipinski definition) is 0. The molecule has 2 aliphatic rings. The zero-order chi connectivity index (χ0) is 34.0. The van der Waals surface area contributed by atoms with E-state index < -0.39 is 17.5 Å². The van der Waals surface area contributed by atoms with Gasteiger partial charge in [0, 0.05) is 48.2 Å². The Balaban J connectivity index is 1.51. The molecule has 0 bridgehead atoms. The summed E-state index contributed by atoms with van der Waals surface area (Å²) in [5, 5.41) is 10.9. The van der Waals surface area contributed by atoms with Gasteiger partial charge in [-0.15, -0.1) is 0 Å². The summed E-state index contributed by atoms with van der Waals surface area (Å²) in [6.07, 6.45) is 2.76. The van der Waals surface area contributed by atoms with E-state index in [9.17, 15) is 10.1 Å². The zero-order valence-electron chi connectivity index (χ0n) is 28.5. The van der Waals surface area contributed by atoms with Crippen LogP contribution in [0, 0.1) is 31.0 Å². The summed E-state index contributed by atoms with van der Waals surface area (Å²) in [6, 6.07) is 9.50. The second-order valence-electron chi connectivity index (χ2n) is 14.6. The summed E-state index contributed by atoms with van der Waals surface area (Å²) in [5.74, 6) is 0.232. The minimum atomic E-state index is -0.642. The first-order chi connectivity index (χ1) is 22.1. The molecule has 0 radical (unpaired) electrons. The van der Waals surface area contributed by atoms with Crippen LogP contribution in [0.15, 0.2) is 30.6 Å². The number of benzene rings is 2. The van der Waals surface area contributed by atoms with Gasteiger partial charge in [0.1, 0.15) is 16.6 Å². The van der Waals surface area contributed by atoms with Crippen LogP contribution >= 0.6 is 11.6 Å². The highest BCUT2D eigenvalue weighted by molar-refractivity contribution is 6.34. The fourth-order valence-corrected chi connectivity index (χ4v) is 7.25. The molecule has 2 aliphatic heterocycles. The van der Waals surface area contributed by atoms with Crippen molar-refractivity contribution in [1.29, 1.82) is 5.26 Å². The van der Waals surface area contributed by atoms with Gasteiger partial charge >= 0.3 is 6.09 Å². The predicted molar refractivity (Wildman–Crippen MR) is 184 cm³/mol. The van der Waals surface area contributed by atoms with Crippen molar-refractivity contribution < 1.29 is 13.9 Å². The summed E-state index contributed by atoms with van der Waals surface area (Å²) < 4.78 is 24.7. The van der Waals surface area contributed by atoms with Gasteiger partial charge in [-0.25, -0.2) is 19.2 Å². The Morgan fingerprint density at radius 3 is 2.60 bits per heavy atom. The van der Waals surface area contributed by atoms with Gasteiger partial charge in [-0.3, -0.25) is 0 Å². The lowest BCUT2D eigenvalue weighted by molar-refractivity contribution is 0.00618. The van der Waals surface area contributed by atoms with E-state index >= 15 is 4.39 Å². The average molecular weight is 660 g/mol. The first-order valence-electron chi connectivity index (χ1n) is 16.2. The van der Waals surface area contributed by atoms with Crippen LogP contribution in [0.2, 0.25) is 5.02 Å². The Morgan fingerprint density at radius 2 is 1.94 bits per heavy atom. The molecule has 248 valence electrons. The van der Waals surface area contributed by atoms with Gasteiger partial charge < -0.3 is 24.0 Å². The maximum absolute atomic E-state index is 16.9. The number of carbonyl (C=O) groups is 1. The van der Waals surface area contributed by atoms with E-state index in [1.54, 1.807) is 4.90 Å². The fraction of sp³-hybridized carbons (Fsp3) is 0.500. The van der Waals surface area contributed by atoms with E-state index in [1.165, 1.54) is 0 Å². The Kier molecular flexibility index (Phi) is 8.38. The maximum atomic E-state index is 16.9. The van der Waals surface area contributed by atoms with Crippen molar-refractivity contribution in [3.63, 3.8) is 0 Å². The molecule has 1 amide bonds. The van der Waals surface area contributed by atoms with E-state index in [4.69, 9.17) is 26.3 Å². The van der Waals surface area contributed by atoms with Crippen molar-refractivity contribution in [3.05, 3.63) is 52.6 Å². The third-order valence-electron chi connectivity index (χ3n) is 9.86. The highest BCUT2D eigenvalue weighted by Crippen LogP contribution is 2.43. The molecular weight excluding hydrogens is 617 g/mol. The van der Waals surface area contributed by atoms with E-state index in [2.05, 4.69) is 41.5 Å². The van der Waals surface area contributed by atoms with E-state index in [0.717, 1.165) is 29.7 Å². The molecule has 11 heteroatoms. The van der Waals surface area contributed by atoms with E-state index in [1.807, 2.05) is 65.2 Å². The topological polar surface area (TPSA) is 90.5 Å². The number of likely N-dealkylation sites (tertiary alicyclic amines) is 1. The smallest absolute Gasteiger partial charge is 0.410 e. The summed E-state index contributed by atoms with van der Waals surface area (Å²) in [4.78, 5) is 29.1. The molecule has 0 N–H and O–H groups in total. The molecule has 0 spiro atoms. The first-order valence-corrected chi connectivity index (χ1v) is 16.5.